The summed E-state index contributed by atoms with van der Waals surface area (Å²) in [5, 5.41) is 0. The predicted octanol–water partition coefficient (Wildman–Crippen LogP) is 3.61. The van der Waals surface area contributed by atoms with Crippen molar-refractivity contribution in [3.63, 3.8) is 0 Å². The minimum absolute atomic E-state index is 0.210. The smallest absolute Gasteiger partial charge is 0.306 e. The van der Waals surface area contributed by atoms with Crippen LogP contribution in [-0.4, -0.2) is 34.0 Å². The molecule has 0 bridgehead atoms. The van der Waals surface area contributed by atoms with E-state index in [1.807, 2.05) is 31.2 Å². The van der Waals surface area contributed by atoms with Gasteiger partial charge in [0.25, 0.3) is 0 Å². The van der Waals surface area contributed by atoms with E-state index in [1.54, 1.807) is 12.1 Å². The van der Waals surface area contributed by atoms with Gasteiger partial charge in [0.2, 0.25) is 0 Å². The first kappa shape index (κ1) is 20.3. The van der Waals surface area contributed by atoms with Gasteiger partial charge in [0, 0.05) is 13.0 Å². The van der Waals surface area contributed by atoms with Crippen LogP contribution in [0.3, 0.4) is 0 Å². The van der Waals surface area contributed by atoms with Gasteiger partial charge >= 0.3 is 10.1 Å². The Bertz CT molecular complexity index is 767. The molecular formula is C20H26O5S. The molecule has 0 radical (unpaired) electrons. The monoisotopic (exact) mass is 378 g/mol. The molecule has 0 N–H and O–H groups in total. The Kier molecular flexibility index (Phi) is 7.48. The lowest BCUT2D eigenvalue weighted by Gasteiger charge is -2.12. The molecule has 0 saturated heterocycles. The molecule has 0 aromatic heterocycles. The van der Waals surface area contributed by atoms with E-state index in [9.17, 15) is 8.42 Å². The summed E-state index contributed by atoms with van der Waals surface area (Å²) in [7, 11) is -3.49. The average Bonchev–Trinajstić information content (AvgIpc) is 2.57. The summed E-state index contributed by atoms with van der Waals surface area (Å²) in [5.74, 6) is 1.14. The zero-order valence-corrected chi connectivity index (χ0v) is 16.3. The maximum absolute atomic E-state index is 11.1. The number of rotatable bonds is 10. The third-order valence-corrected chi connectivity index (χ3v) is 4.22. The Morgan fingerprint density at radius 1 is 0.923 bits per heavy atom. The standard InChI is InChI=1S/C20H26O5S/c1-4-23-16(2)15-18-7-9-19(10-8-18)24-14-13-17-5-11-20(12-6-17)25-26(3,21)22/h5-12,16H,4,13-15H2,1-3H3. The maximum atomic E-state index is 11.1. The van der Waals surface area contributed by atoms with E-state index < -0.39 is 10.1 Å². The summed E-state index contributed by atoms with van der Waals surface area (Å²) in [6.07, 6.45) is 2.84. The third kappa shape index (κ3) is 7.45. The van der Waals surface area contributed by atoms with E-state index in [-0.39, 0.29) is 6.10 Å². The molecule has 2 aromatic rings. The Morgan fingerprint density at radius 2 is 1.50 bits per heavy atom. The van der Waals surface area contributed by atoms with Crippen LogP contribution in [0, 0.1) is 0 Å². The Labute approximate surface area is 156 Å². The predicted molar refractivity (Wildman–Crippen MR) is 102 cm³/mol. The molecule has 0 fully saturated rings. The molecule has 2 aromatic carbocycles. The molecule has 6 heteroatoms. The summed E-state index contributed by atoms with van der Waals surface area (Å²) in [4.78, 5) is 0. The second-order valence-electron chi connectivity index (χ2n) is 6.14. The highest BCUT2D eigenvalue weighted by Crippen LogP contribution is 2.16. The second kappa shape index (κ2) is 9.59. The van der Waals surface area contributed by atoms with Crippen LogP contribution in [0.4, 0.5) is 0 Å². The SMILES string of the molecule is CCOC(C)Cc1ccc(OCCc2ccc(OS(C)(=O)=O)cc2)cc1. The van der Waals surface area contributed by atoms with Crippen molar-refractivity contribution >= 4 is 10.1 Å². The van der Waals surface area contributed by atoms with Crippen molar-refractivity contribution < 1.29 is 22.1 Å². The average molecular weight is 378 g/mol. The van der Waals surface area contributed by atoms with Crippen LogP contribution < -0.4 is 8.92 Å². The van der Waals surface area contributed by atoms with Crippen molar-refractivity contribution in [2.24, 2.45) is 0 Å². The van der Waals surface area contributed by atoms with Gasteiger partial charge in [-0.25, -0.2) is 0 Å². The fourth-order valence-corrected chi connectivity index (χ4v) is 3.03. The second-order valence-corrected chi connectivity index (χ2v) is 7.72. The lowest BCUT2D eigenvalue weighted by Crippen LogP contribution is -2.11. The van der Waals surface area contributed by atoms with Crippen LogP contribution in [-0.2, 0) is 27.7 Å². The quantitative estimate of drug-likeness (QED) is 0.591. The number of benzene rings is 2. The van der Waals surface area contributed by atoms with Gasteiger partial charge in [0.05, 0.1) is 19.0 Å². The van der Waals surface area contributed by atoms with Gasteiger partial charge < -0.3 is 13.7 Å². The Morgan fingerprint density at radius 3 is 2.08 bits per heavy atom. The topological polar surface area (TPSA) is 61.8 Å². The Balaban J connectivity index is 1.78. The van der Waals surface area contributed by atoms with Gasteiger partial charge in [-0.05, 0) is 55.7 Å². The van der Waals surface area contributed by atoms with Crippen LogP contribution in [0.25, 0.3) is 0 Å². The summed E-state index contributed by atoms with van der Waals surface area (Å²) < 4.78 is 38.3. The van der Waals surface area contributed by atoms with Gasteiger partial charge in [-0.1, -0.05) is 24.3 Å². The molecule has 0 saturated carbocycles. The van der Waals surface area contributed by atoms with E-state index in [0.717, 1.165) is 37.0 Å². The molecule has 0 aliphatic heterocycles. The Hall–Kier alpha value is -2.05. The molecule has 0 heterocycles. The number of hydrogen-bond acceptors (Lipinski definition) is 5. The number of ether oxygens (including phenoxy) is 2. The van der Waals surface area contributed by atoms with Crippen molar-refractivity contribution in [3.05, 3.63) is 59.7 Å². The van der Waals surface area contributed by atoms with Crippen molar-refractivity contribution in [1.82, 2.24) is 0 Å². The summed E-state index contributed by atoms with van der Waals surface area (Å²) in [6, 6.07) is 15.0. The molecule has 0 amide bonds. The molecule has 1 atom stereocenters. The molecule has 5 nitrogen and oxygen atoms in total. The highest BCUT2D eigenvalue weighted by Gasteiger charge is 2.05. The molecule has 0 aliphatic rings. The largest absolute Gasteiger partial charge is 0.493 e. The fraction of sp³-hybridized carbons (Fsp3) is 0.400. The van der Waals surface area contributed by atoms with Gasteiger partial charge in [-0.15, -0.1) is 0 Å². The van der Waals surface area contributed by atoms with Crippen molar-refractivity contribution in [3.8, 4) is 11.5 Å². The summed E-state index contributed by atoms with van der Waals surface area (Å²) in [5.41, 5.74) is 2.27. The maximum Gasteiger partial charge on any atom is 0.306 e. The lowest BCUT2D eigenvalue weighted by molar-refractivity contribution is 0.0768. The van der Waals surface area contributed by atoms with Crippen molar-refractivity contribution in [1.29, 1.82) is 0 Å². The molecule has 0 aliphatic carbocycles. The van der Waals surface area contributed by atoms with E-state index in [0.29, 0.717) is 12.4 Å². The van der Waals surface area contributed by atoms with Crippen molar-refractivity contribution in [2.75, 3.05) is 19.5 Å². The van der Waals surface area contributed by atoms with Crippen LogP contribution in [0.15, 0.2) is 48.5 Å². The molecule has 26 heavy (non-hydrogen) atoms. The van der Waals surface area contributed by atoms with E-state index in [2.05, 4.69) is 19.1 Å². The first-order valence-electron chi connectivity index (χ1n) is 8.67. The lowest BCUT2D eigenvalue weighted by atomic mass is 10.1. The van der Waals surface area contributed by atoms with Crippen LogP contribution in [0.1, 0.15) is 25.0 Å². The first-order valence-corrected chi connectivity index (χ1v) is 10.5. The molecule has 2 rings (SSSR count). The molecular weight excluding hydrogens is 352 g/mol. The van der Waals surface area contributed by atoms with Crippen molar-refractivity contribution in [2.45, 2.75) is 32.8 Å². The third-order valence-electron chi connectivity index (χ3n) is 3.73. The minimum Gasteiger partial charge on any atom is -0.493 e. The van der Waals surface area contributed by atoms with E-state index in [1.165, 1.54) is 5.56 Å². The van der Waals surface area contributed by atoms with E-state index >= 15 is 0 Å². The number of hydrogen-bond donors (Lipinski definition) is 0. The molecule has 0 spiro atoms. The zero-order valence-electron chi connectivity index (χ0n) is 15.5. The summed E-state index contributed by atoms with van der Waals surface area (Å²) in [6.45, 7) is 5.34. The summed E-state index contributed by atoms with van der Waals surface area (Å²) >= 11 is 0. The van der Waals surface area contributed by atoms with Gasteiger partial charge in [-0.2, -0.15) is 8.42 Å². The fourth-order valence-electron chi connectivity index (χ4n) is 2.57. The highest BCUT2D eigenvalue weighted by atomic mass is 32.2. The van der Waals surface area contributed by atoms with Crippen LogP contribution in [0.5, 0.6) is 11.5 Å². The van der Waals surface area contributed by atoms with E-state index in [4.69, 9.17) is 13.7 Å². The molecule has 142 valence electrons. The van der Waals surface area contributed by atoms with Gasteiger partial charge in [-0.3, -0.25) is 0 Å². The van der Waals surface area contributed by atoms with Crippen LogP contribution >= 0.6 is 0 Å². The highest BCUT2D eigenvalue weighted by molar-refractivity contribution is 7.86. The molecule has 1 unspecified atom stereocenters. The zero-order chi connectivity index (χ0) is 19.0. The van der Waals surface area contributed by atoms with Crippen LogP contribution in [0.2, 0.25) is 0 Å². The first-order chi connectivity index (χ1) is 12.4. The van der Waals surface area contributed by atoms with Gasteiger partial charge in [0.15, 0.2) is 0 Å². The normalized spacial score (nSPS) is 12.6. The van der Waals surface area contributed by atoms with Gasteiger partial charge in [0.1, 0.15) is 11.5 Å². The minimum atomic E-state index is -3.49.